The topological polar surface area (TPSA) is 19.0 Å². The van der Waals surface area contributed by atoms with Gasteiger partial charge in [-0.25, -0.2) is 0 Å². The molecule has 0 bridgehead atoms. The molecule has 4 heteroatoms. The molecule has 0 atom stereocenters. The zero-order valence-corrected chi connectivity index (χ0v) is 27.8. The molecule has 0 saturated heterocycles. The number of H-pyrrole nitrogens is 1. The van der Waals surface area contributed by atoms with Gasteiger partial charge in [0, 0.05) is 28.0 Å². The summed E-state index contributed by atoms with van der Waals surface area (Å²) in [5.74, 6) is 0. The molecule has 216 valence electrons. The van der Waals surface area contributed by atoms with Crippen molar-refractivity contribution in [3.8, 4) is 33.4 Å². The monoisotopic (exact) mass is 698 g/mol. The number of aromatic nitrogens is 1. The van der Waals surface area contributed by atoms with Crippen molar-refractivity contribution in [2.24, 2.45) is 0 Å². The smallest absolute Gasteiger partial charge is 0.0975 e. The Bertz CT molecular complexity index is 1880. The van der Waals surface area contributed by atoms with Crippen LogP contribution in [0.15, 0.2) is 161 Å². The molecule has 0 aliphatic carbocycles. The van der Waals surface area contributed by atoms with E-state index in [0.717, 1.165) is 37.0 Å². The Balaban J connectivity index is 0.00000168. The van der Waals surface area contributed by atoms with E-state index in [2.05, 4.69) is 193 Å². The third-order valence-corrected chi connectivity index (χ3v) is 9.57. The first-order chi connectivity index (χ1) is 21.6. The lowest BCUT2D eigenvalue weighted by Crippen LogP contribution is -2.09. The zero-order chi connectivity index (χ0) is 30.5. The number of anilines is 3. The first-order valence-corrected chi connectivity index (χ1v) is 16.4. The number of nitrogens with one attached hydrogen (secondary N) is 1. The third-order valence-electron chi connectivity index (χ3n) is 7.62. The Morgan fingerprint density at radius 3 is 1.23 bits per heavy atom. The normalized spacial score (nSPS) is 10.7. The molecular weight excluding hydrogens is 668 g/mol. The second kappa shape index (κ2) is 13.5. The molecule has 0 radical (unpaired) electrons. The molecule has 0 unspecified atom stereocenters. The fraction of sp³-hybridized carbons (Fsp3) is 0.0500. The summed E-state index contributed by atoms with van der Waals surface area (Å²) in [6.07, 6.45) is 0. The summed E-state index contributed by atoms with van der Waals surface area (Å²) in [5.41, 5.74) is 11.6. The minimum absolute atomic E-state index is 0.956. The van der Waals surface area contributed by atoms with E-state index in [-0.39, 0.29) is 0 Å². The van der Waals surface area contributed by atoms with Crippen molar-refractivity contribution in [1.82, 2.24) is 4.98 Å². The summed E-state index contributed by atoms with van der Waals surface area (Å²) < 4.78 is 2.00. The van der Waals surface area contributed by atoms with Crippen molar-refractivity contribution in [3.63, 3.8) is 0 Å². The van der Waals surface area contributed by atoms with E-state index in [1.165, 1.54) is 33.4 Å². The molecule has 6 aromatic carbocycles. The van der Waals surface area contributed by atoms with Crippen LogP contribution in [-0.4, -0.2) is 4.98 Å². The maximum absolute atomic E-state index is 3.69. The predicted molar refractivity (Wildman–Crippen MR) is 196 cm³/mol. The second-order valence-electron chi connectivity index (χ2n) is 10.2. The summed E-state index contributed by atoms with van der Waals surface area (Å²) in [5, 5.41) is 1.15. The maximum Gasteiger partial charge on any atom is 0.0975 e. The van der Waals surface area contributed by atoms with Crippen LogP contribution in [0.4, 0.5) is 17.1 Å². The van der Waals surface area contributed by atoms with Gasteiger partial charge < -0.3 is 9.88 Å². The number of hydrogen-bond acceptors (Lipinski definition) is 1. The molecule has 7 aromatic rings. The van der Waals surface area contributed by atoms with Gasteiger partial charge in [0.2, 0.25) is 0 Å². The van der Waals surface area contributed by atoms with Crippen LogP contribution >= 0.6 is 31.9 Å². The Kier molecular flexibility index (Phi) is 9.11. The minimum Gasteiger partial charge on any atom is -0.348 e. The lowest BCUT2D eigenvalue weighted by Gasteiger charge is -2.26. The fourth-order valence-electron chi connectivity index (χ4n) is 5.42. The molecule has 0 spiro atoms. The average molecular weight is 701 g/mol. The van der Waals surface area contributed by atoms with Gasteiger partial charge in [-0.1, -0.05) is 117 Å². The van der Waals surface area contributed by atoms with Gasteiger partial charge in [-0.3, -0.25) is 0 Å². The summed E-state index contributed by atoms with van der Waals surface area (Å²) in [6, 6.07) is 54.0. The molecule has 44 heavy (non-hydrogen) atoms. The molecule has 7 rings (SSSR count). The number of hydrogen-bond donors (Lipinski definition) is 1. The van der Waals surface area contributed by atoms with Crippen molar-refractivity contribution < 1.29 is 0 Å². The first-order valence-electron chi connectivity index (χ1n) is 14.8. The number of benzene rings is 6. The van der Waals surface area contributed by atoms with Crippen LogP contribution in [0.2, 0.25) is 0 Å². The number of aromatic amines is 1. The highest BCUT2D eigenvalue weighted by Gasteiger charge is 2.14. The van der Waals surface area contributed by atoms with Gasteiger partial charge in [-0.2, -0.15) is 0 Å². The number of fused-ring (bicyclic) bond motifs is 1. The summed E-state index contributed by atoms with van der Waals surface area (Å²) in [6.45, 7) is 4.00. The van der Waals surface area contributed by atoms with Gasteiger partial charge in [0.15, 0.2) is 0 Å². The number of nitrogens with zero attached hydrogens (tertiary/aromatic N) is 1. The van der Waals surface area contributed by atoms with E-state index in [4.69, 9.17) is 0 Å². The van der Waals surface area contributed by atoms with Crippen LogP contribution in [0, 0.1) is 0 Å². The Morgan fingerprint density at radius 2 is 0.795 bits per heavy atom. The summed E-state index contributed by atoms with van der Waals surface area (Å²) in [7, 11) is 0. The zero-order valence-electron chi connectivity index (χ0n) is 24.6. The lowest BCUT2D eigenvalue weighted by atomic mass is 10.0. The molecule has 0 aliphatic heterocycles. The van der Waals surface area contributed by atoms with Crippen LogP contribution in [0.25, 0.3) is 44.3 Å². The van der Waals surface area contributed by atoms with E-state index < -0.39 is 0 Å². The van der Waals surface area contributed by atoms with Gasteiger partial charge in [0.1, 0.15) is 0 Å². The molecule has 1 aromatic heterocycles. The van der Waals surface area contributed by atoms with Crippen LogP contribution in [0.3, 0.4) is 0 Å². The molecule has 1 N–H and O–H groups in total. The van der Waals surface area contributed by atoms with Crippen LogP contribution < -0.4 is 4.90 Å². The van der Waals surface area contributed by atoms with Crippen LogP contribution in [0.1, 0.15) is 13.8 Å². The Labute approximate surface area is 276 Å². The number of halogens is 2. The van der Waals surface area contributed by atoms with Crippen molar-refractivity contribution in [1.29, 1.82) is 0 Å². The molecule has 0 fully saturated rings. The second-order valence-corrected chi connectivity index (χ2v) is 11.8. The third kappa shape index (κ3) is 6.14. The Hall–Kier alpha value is -4.38. The van der Waals surface area contributed by atoms with Gasteiger partial charge >= 0.3 is 0 Å². The van der Waals surface area contributed by atoms with Gasteiger partial charge in [-0.15, -0.1) is 0 Å². The van der Waals surface area contributed by atoms with Crippen molar-refractivity contribution in [2.75, 3.05) is 4.90 Å². The van der Waals surface area contributed by atoms with Gasteiger partial charge in [-0.05, 0) is 114 Å². The SMILES string of the molecule is Brc1[nH]c2ccc(-c3ccc(N(c4ccc(-c5ccccc5)cc4)c4ccc(-c5ccccc5)cc4)cc3)cc2c1Br.CC. The van der Waals surface area contributed by atoms with E-state index in [1.54, 1.807) is 0 Å². The fourth-order valence-corrected chi connectivity index (χ4v) is 6.28. The molecule has 0 saturated carbocycles. The van der Waals surface area contributed by atoms with E-state index in [9.17, 15) is 0 Å². The van der Waals surface area contributed by atoms with Crippen molar-refractivity contribution in [3.05, 3.63) is 161 Å². The van der Waals surface area contributed by atoms with E-state index in [1.807, 2.05) is 13.8 Å². The molecule has 2 nitrogen and oxygen atoms in total. The predicted octanol–water partition coefficient (Wildman–Crippen LogP) is 13.2. The van der Waals surface area contributed by atoms with Crippen LogP contribution in [-0.2, 0) is 0 Å². The molecule has 1 heterocycles. The van der Waals surface area contributed by atoms with Gasteiger partial charge in [0.25, 0.3) is 0 Å². The quantitative estimate of drug-likeness (QED) is 0.183. The highest BCUT2D eigenvalue weighted by Crippen LogP contribution is 2.39. The van der Waals surface area contributed by atoms with Crippen molar-refractivity contribution >= 4 is 59.8 Å². The first kappa shape index (κ1) is 29.7. The Morgan fingerprint density at radius 1 is 0.432 bits per heavy atom. The largest absolute Gasteiger partial charge is 0.348 e. The maximum atomic E-state index is 3.69. The molecule has 0 aliphatic rings. The summed E-state index contributed by atoms with van der Waals surface area (Å²) >= 11 is 7.28. The lowest BCUT2D eigenvalue weighted by molar-refractivity contribution is 1.28. The van der Waals surface area contributed by atoms with Gasteiger partial charge in [0.05, 0.1) is 9.08 Å². The van der Waals surface area contributed by atoms with Crippen molar-refractivity contribution in [2.45, 2.75) is 13.8 Å². The van der Waals surface area contributed by atoms with E-state index >= 15 is 0 Å². The molecule has 0 amide bonds. The summed E-state index contributed by atoms with van der Waals surface area (Å²) in [4.78, 5) is 5.67. The standard InChI is InChI=1S/C38H26Br2N2.C2H6/c39-37-35-25-31(17-24-36(35)41-38(37)40)30-15-22-34(23-16-30)42(32-18-11-28(12-19-32)26-7-3-1-4-8-26)33-20-13-29(14-21-33)27-9-5-2-6-10-27;1-2/h1-25,41H;1-2H3. The highest BCUT2D eigenvalue weighted by atomic mass is 79.9. The highest BCUT2D eigenvalue weighted by molar-refractivity contribution is 9.13. The average Bonchev–Trinajstić information content (AvgIpc) is 3.39. The van der Waals surface area contributed by atoms with Crippen LogP contribution in [0.5, 0.6) is 0 Å². The minimum atomic E-state index is 0.956. The number of rotatable bonds is 6. The molecular formula is C40H32Br2N2. The van der Waals surface area contributed by atoms with E-state index in [0.29, 0.717) is 0 Å².